The fourth-order valence-corrected chi connectivity index (χ4v) is 6.30. The lowest BCUT2D eigenvalue weighted by Gasteiger charge is -2.24. The Kier molecular flexibility index (Phi) is 8.19. The van der Waals surface area contributed by atoms with Gasteiger partial charge in [0.05, 0.1) is 18.8 Å². The van der Waals surface area contributed by atoms with Gasteiger partial charge >= 0.3 is 19.4 Å². The number of furan rings is 1. The molecule has 2 aromatic carbocycles. The van der Waals surface area contributed by atoms with Crippen LogP contribution in [0.5, 0.6) is 5.75 Å². The molecule has 1 unspecified atom stereocenters. The Morgan fingerprint density at radius 1 is 1.12 bits per heavy atom. The van der Waals surface area contributed by atoms with Crippen LogP contribution < -0.4 is 20.9 Å². The first-order valence-electron chi connectivity index (χ1n) is 13.3. The van der Waals surface area contributed by atoms with E-state index in [1.165, 1.54) is 23.8 Å². The Hall–Kier alpha value is -3.70. The maximum Gasteiger partial charge on any atom is 0.459 e. The van der Waals surface area contributed by atoms with Crippen LogP contribution in [-0.2, 0) is 23.4 Å². The van der Waals surface area contributed by atoms with Gasteiger partial charge in [0, 0.05) is 35.0 Å². The number of esters is 1. The molecule has 0 bridgehead atoms. The van der Waals surface area contributed by atoms with Crippen LogP contribution >= 0.6 is 7.75 Å². The lowest BCUT2D eigenvalue weighted by atomic mass is 10.1. The lowest BCUT2D eigenvalue weighted by Crippen LogP contribution is -2.36. The molecular weight excluding hydrogens is 553 g/mol. The summed E-state index contributed by atoms with van der Waals surface area (Å²) in [4.78, 5) is 38.5. The molecule has 0 aliphatic carbocycles. The first-order chi connectivity index (χ1) is 19.5. The fourth-order valence-electron chi connectivity index (χ4n) is 4.79. The molecule has 5 atom stereocenters. The van der Waals surface area contributed by atoms with Crippen molar-refractivity contribution in [2.75, 3.05) is 6.61 Å². The third kappa shape index (κ3) is 6.46. The molecule has 0 saturated carbocycles. The number of rotatable bonds is 10. The molecule has 41 heavy (non-hydrogen) atoms. The van der Waals surface area contributed by atoms with Crippen molar-refractivity contribution in [1.82, 2.24) is 14.6 Å². The molecule has 0 radical (unpaired) electrons. The predicted molar refractivity (Wildman–Crippen MR) is 151 cm³/mol. The first kappa shape index (κ1) is 28.8. The van der Waals surface area contributed by atoms with E-state index >= 15 is 0 Å². The monoisotopic (exact) mass is 585 g/mol. The van der Waals surface area contributed by atoms with E-state index < -0.39 is 43.3 Å². The molecule has 12 nitrogen and oxygen atoms in total. The zero-order valence-electron chi connectivity index (χ0n) is 23.1. The maximum absolute atomic E-state index is 14.0. The minimum Gasteiger partial charge on any atom is -0.462 e. The van der Waals surface area contributed by atoms with E-state index in [9.17, 15) is 18.9 Å². The quantitative estimate of drug-likeness (QED) is 0.201. The van der Waals surface area contributed by atoms with Gasteiger partial charge in [0.2, 0.25) is 0 Å². The number of carbonyl (C=O) groups excluding carboxylic acids is 1. The molecule has 1 aliphatic rings. The normalized spacial score (nSPS) is 21.2. The summed E-state index contributed by atoms with van der Waals surface area (Å²) < 4.78 is 44.2. The second-order valence-corrected chi connectivity index (χ2v) is 12.1. The van der Waals surface area contributed by atoms with Gasteiger partial charge in [-0.1, -0.05) is 25.1 Å². The molecule has 1 aliphatic heterocycles. The van der Waals surface area contributed by atoms with Gasteiger partial charge in [-0.3, -0.25) is 23.7 Å². The Morgan fingerprint density at radius 2 is 1.88 bits per heavy atom. The summed E-state index contributed by atoms with van der Waals surface area (Å²) in [5.41, 5.74) is 0.132. The molecule has 5 rings (SSSR count). The highest BCUT2D eigenvalue weighted by Gasteiger charge is 2.38. The van der Waals surface area contributed by atoms with Crippen LogP contribution in [-0.4, -0.2) is 40.4 Å². The van der Waals surface area contributed by atoms with E-state index in [1.807, 2.05) is 31.2 Å². The number of para-hydroxylation sites is 1. The number of carbonyl (C=O) groups is 1. The number of benzene rings is 2. The summed E-state index contributed by atoms with van der Waals surface area (Å²) >= 11 is 0. The largest absolute Gasteiger partial charge is 0.462 e. The molecule has 4 aromatic rings. The average molecular weight is 586 g/mol. The molecule has 0 amide bonds. The molecule has 3 heterocycles. The molecule has 218 valence electrons. The Morgan fingerprint density at radius 3 is 2.63 bits per heavy atom. The summed E-state index contributed by atoms with van der Waals surface area (Å²) in [6.45, 7) is 6.65. The Bertz CT molecular complexity index is 1730. The zero-order chi connectivity index (χ0) is 29.3. The van der Waals surface area contributed by atoms with Crippen LogP contribution in [0.3, 0.4) is 0 Å². The summed E-state index contributed by atoms with van der Waals surface area (Å²) in [5, 5.41) is 4.46. The SMILES string of the molecule is CC(C)OC(=O)[C@H](C)NP(=O)(OC[C@@H]1C[C@H](C)[C@H](n2ccc(=O)[nH]c2=O)O1)Oc1ccc2c(c1)oc1ccccc12. The average Bonchev–Trinajstić information content (AvgIpc) is 3.46. The van der Waals surface area contributed by atoms with E-state index in [0.717, 1.165) is 10.8 Å². The molecule has 1 saturated heterocycles. The third-order valence-corrected chi connectivity index (χ3v) is 8.29. The molecular formula is C28H32N3O9P. The highest BCUT2D eigenvalue weighted by molar-refractivity contribution is 7.52. The smallest absolute Gasteiger partial charge is 0.459 e. The topological polar surface area (TPSA) is 151 Å². The van der Waals surface area contributed by atoms with Gasteiger partial charge in [0.25, 0.3) is 5.56 Å². The summed E-state index contributed by atoms with van der Waals surface area (Å²) in [6, 6.07) is 12.8. The number of H-pyrrole nitrogens is 1. The summed E-state index contributed by atoms with van der Waals surface area (Å²) in [6.07, 6.45) is 0.272. The van der Waals surface area contributed by atoms with E-state index in [-0.39, 0.29) is 24.4 Å². The van der Waals surface area contributed by atoms with Crippen molar-refractivity contribution < 1.29 is 32.3 Å². The molecule has 2 N–H and O–H groups in total. The highest BCUT2D eigenvalue weighted by Crippen LogP contribution is 2.47. The number of ether oxygens (including phenoxy) is 2. The van der Waals surface area contributed by atoms with Gasteiger partial charge in [-0.05, 0) is 45.4 Å². The van der Waals surface area contributed by atoms with Crippen LogP contribution in [0.4, 0.5) is 0 Å². The van der Waals surface area contributed by atoms with E-state index in [2.05, 4.69) is 10.1 Å². The predicted octanol–water partition coefficient (Wildman–Crippen LogP) is 4.49. The molecule has 2 aromatic heterocycles. The summed E-state index contributed by atoms with van der Waals surface area (Å²) in [7, 11) is -4.18. The van der Waals surface area contributed by atoms with Crippen LogP contribution in [0.25, 0.3) is 21.9 Å². The van der Waals surface area contributed by atoms with Crippen molar-refractivity contribution >= 4 is 35.7 Å². The van der Waals surface area contributed by atoms with Crippen molar-refractivity contribution in [3.05, 3.63) is 75.6 Å². The van der Waals surface area contributed by atoms with Gasteiger partial charge in [-0.15, -0.1) is 0 Å². The minimum atomic E-state index is -4.18. The minimum absolute atomic E-state index is 0.115. The van der Waals surface area contributed by atoms with Gasteiger partial charge < -0.3 is 18.4 Å². The highest BCUT2D eigenvalue weighted by atomic mass is 31.2. The number of aromatic nitrogens is 2. The fraction of sp³-hybridized carbons (Fsp3) is 0.393. The van der Waals surface area contributed by atoms with Crippen molar-refractivity contribution in [2.24, 2.45) is 5.92 Å². The van der Waals surface area contributed by atoms with Gasteiger partial charge in [0.1, 0.15) is 29.2 Å². The van der Waals surface area contributed by atoms with Crippen LogP contribution in [0, 0.1) is 5.92 Å². The number of aromatic amines is 1. The standard InChI is InChI=1S/C28H32N3O9P/c1-16(2)37-27(33)18(4)30-41(35,40-19-9-10-22-21-7-5-6-8-23(21)39-24(22)14-19)36-15-20-13-17(3)26(38-20)31-12-11-25(32)29-28(31)34/h5-12,14,16-18,20,26H,13,15H2,1-4H3,(H,30,35)(H,29,32,34)/t17-,18-,20-,26+,41?/m0/s1. The Balaban J connectivity index is 1.35. The third-order valence-electron chi connectivity index (χ3n) is 6.64. The summed E-state index contributed by atoms with van der Waals surface area (Å²) in [5.74, 6) is -0.533. The zero-order valence-corrected chi connectivity index (χ0v) is 24.0. The Labute approximate surface area is 235 Å². The van der Waals surface area contributed by atoms with E-state index in [4.69, 9.17) is 22.9 Å². The molecule has 0 spiro atoms. The molecule has 13 heteroatoms. The van der Waals surface area contributed by atoms with Crippen LogP contribution in [0.15, 0.2) is 68.7 Å². The van der Waals surface area contributed by atoms with E-state index in [1.54, 1.807) is 32.0 Å². The van der Waals surface area contributed by atoms with Crippen molar-refractivity contribution in [2.45, 2.75) is 58.6 Å². The number of hydrogen-bond acceptors (Lipinski definition) is 9. The number of nitrogens with zero attached hydrogens (tertiary/aromatic N) is 1. The van der Waals surface area contributed by atoms with Crippen molar-refractivity contribution in [3.63, 3.8) is 0 Å². The number of hydrogen-bond donors (Lipinski definition) is 2. The van der Waals surface area contributed by atoms with Gasteiger partial charge in [-0.2, -0.15) is 5.09 Å². The second kappa shape index (κ2) is 11.7. The van der Waals surface area contributed by atoms with Crippen LogP contribution in [0.2, 0.25) is 0 Å². The van der Waals surface area contributed by atoms with Crippen molar-refractivity contribution in [1.29, 1.82) is 0 Å². The number of nitrogens with one attached hydrogen (secondary N) is 2. The van der Waals surface area contributed by atoms with E-state index in [0.29, 0.717) is 17.6 Å². The van der Waals surface area contributed by atoms with Gasteiger partial charge in [-0.25, -0.2) is 9.36 Å². The van der Waals surface area contributed by atoms with Gasteiger partial charge in [0.15, 0.2) is 0 Å². The lowest BCUT2D eigenvalue weighted by molar-refractivity contribution is -0.149. The first-order valence-corrected chi connectivity index (χ1v) is 14.9. The van der Waals surface area contributed by atoms with Crippen LogP contribution in [0.1, 0.15) is 40.3 Å². The van der Waals surface area contributed by atoms with Crippen molar-refractivity contribution in [3.8, 4) is 5.75 Å². The molecule has 1 fully saturated rings. The maximum atomic E-state index is 14.0. The number of fused-ring (bicyclic) bond motifs is 3. The second-order valence-electron chi connectivity index (χ2n) is 10.4.